The number of ether oxygens (including phenoxy) is 1. The summed E-state index contributed by atoms with van der Waals surface area (Å²) in [6, 6.07) is 3.65. The normalized spacial score (nSPS) is 16.0. The number of aromatic nitrogens is 3. The number of nitrogens with one attached hydrogen (secondary N) is 3. The summed E-state index contributed by atoms with van der Waals surface area (Å²) in [6.45, 7) is 4.18. The first kappa shape index (κ1) is 22.7. The van der Waals surface area contributed by atoms with E-state index in [0.717, 1.165) is 31.4 Å². The average Bonchev–Trinajstić information content (AvgIpc) is 3.44. The summed E-state index contributed by atoms with van der Waals surface area (Å²) in [4.78, 5) is 8.69. The summed E-state index contributed by atoms with van der Waals surface area (Å²) >= 11 is 0. The second kappa shape index (κ2) is 12.1. The molecule has 3 rings (SSSR count). The maximum absolute atomic E-state index is 5.98. The van der Waals surface area contributed by atoms with Gasteiger partial charge >= 0.3 is 0 Å². The van der Waals surface area contributed by atoms with E-state index in [-0.39, 0.29) is 24.0 Å². The summed E-state index contributed by atoms with van der Waals surface area (Å²) in [7, 11) is 1.76. The molecule has 9 heteroatoms. The van der Waals surface area contributed by atoms with Crippen molar-refractivity contribution in [1.82, 2.24) is 25.8 Å². The molecule has 156 valence electrons. The quantitative estimate of drug-likeness (QED) is 0.276. The van der Waals surface area contributed by atoms with Gasteiger partial charge in [-0.25, -0.2) is 4.98 Å². The molecule has 1 aliphatic carbocycles. The zero-order valence-electron chi connectivity index (χ0n) is 16.6. The van der Waals surface area contributed by atoms with Crippen molar-refractivity contribution < 1.29 is 9.15 Å². The van der Waals surface area contributed by atoms with Gasteiger partial charge in [0.1, 0.15) is 5.82 Å². The lowest BCUT2D eigenvalue weighted by Crippen LogP contribution is -2.39. The lowest BCUT2D eigenvalue weighted by Gasteiger charge is -2.23. The molecule has 1 atom stereocenters. The molecule has 2 heterocycles. The molecule has 28 heavy (non-hydrogen) atoms. The zero-order chi connectivity index (χ0) is 18.9. The average molecular weight is 502 g/mol. The van der Waals surface area contributed by atoms with Crippen LogP contribution in [0.1, 0.15) is 44.9 Å². The van der Waals surface area contributed by atoms with Crippen LogP contribution in [0.2, 0.25) is 0 Å². The number of hydrogen-bond acceptors (Lipinski definition) is 5. The second-order valence-electron chi connectivity index (χ2n) is 6.76. The van der Waals surface area contributed by atoms with Gasteiger partial charge in [-0.15, -0.1) is 29.1 Å². The molecular weight excluding hydrogens is 471 g/mol. The van der Waals surface area contributed by atoms with Gasteiger partial charge in [0.2, 0.25) is 5.82 Å². The predicted molar refractivity (Wildman–Crippen MR) is 120 cm³/mol. The highest BCUT2D eigenvalue weighted by Gasteiger charge is 2.25. The minimum absolute atomic E-state index is 0. The van der Waals surface area contributed by atoms with Crippen molar-refractivity contribution in [2.75, 3.05) is 20.2 Å². The molecule has 0 aromatic carbocycles. The van der Waals surface area contributed by atoms with Crippen molar-refractivity contribution >= 4 is 29.9 Å². The number of nitrogens with zero attached hydrogens (tertiary/aromatic N) is 3. The van der Waals surface area contributed by atoms with E-state index >= 15 is 0 Å². The van der Waals surface area contributed by atoms with Crippen molar-refractivity contribution in [3.63, 3.8) is 0 Å². The van der Waals surface area contributed by atoms with Crippen LogP contribution in [0, 0.1) is 5.92 Å². The first-order valence-corrected chi connectivity index (χ1v) is 9.81. The standard InChI is InChI=1S/C19H30N6O2.HI/c1-3-26-15(14-7-4-5-8-14)10-11-21-19(20-2)22-13-17-23-18(25-24-17)16-9-6-12-27-16;/h6,9,12,14-15H,3-5,7-8,10-11,13H2,1-2H3,(H2,20,21,22)(H,23,24,25);1H. The van der Waals surface area contributed by atoms with Crippen molar-refractivity contribution in [2.45, 2.75) is 51.7 Å². The third-order valence-electron chi connectivity index (χ3n) is 4.95. The maximum atomic E-state index is 5.98. The number of aromatic amines is 1. The van der Waals surface area contributed by atoms with E-state index in [0.29, 0.717) is 30.2 Å². The van der Waals surface area contributed by atoms with Crippen LogP contribution < -0.4 is 10.6 Å². The van der Waals surface area contributed by atoms with Crippen LogP contribution in [0.4, 0.5) is 0 Å². The molecule has 1 aliphatic rings. The number of rotatable bonds is 9. The summed E-state index contributed by atoms with van der Waals surface area (Å²) in [5, 5.41) is 13.7. The Morgan fingerprint density at radius 2 is 2.21 bits per heavy atom. The molecule has 2 aromatic heterocycles. The van der Waals surface area contributed by atoms with Crippen LogP contribution in [-0.4, -0.2) is 47.4 Å². The van der Waals surface area contributed by atoms with Crippen molar-refractivity contribution in [2.24, 2.45) is 10.9 Å². The summed E-state index contributed by atoms with van der Waals surface area (Å²) in [6.07, 6.45) is 8.20. The highest BCUT2D eigenvalue weighted by Crippen LogP contribution is 2.30. The third-order valence-corrected chi connectivity index (χ3v) is 4.95. The minimum atomic E-state index is 0. The first-order chi connectivity index (χ1) is 13.3. The van der Waals surface area contributed by atoms with E-state index in [2.05, 4.69) is 37.7 Å². The van der Waals surface area contributed by atoms with Crippen LogP contribution in [0.5, 0.6) is 0 Å². The van der Waals surface area contributed by atoms with Gasteiger partial charge in [0.15, 0.2) is 11.7 Å². The monoisotopic (exact) mass is 502 g/mol. The van der Waals surface area contributed by atoms with Gasteiger partial charge in [-0.3, -0.25) is 10.1 Å². The zero-order valence-corrected chi connectivity index (χ0v) is 18.9. The Bertz CT molecular complexity index is 697. The van der Waals surface area contributed by atoms with Gasteiger partial charge in [-0.05, 0) is 44.2 Å². The van der Waals surface area contributed by atoms with Crippen molar-refractivity contribution in [1.29, 1.82) is 0 Å². The number of H-pyrrole nitrogens is 1. The third kappa shape index (κ3) is 6.47. The van der Waals surface area contributed by atoms with Crippen molar-refractivity contribution in [3.05, 3.63) is 24.2 Å². The van der Waals surface area contributed by atoms with E-state index in [1.165, 1.54) is 25.7 Å². The molecule has 1 fully saturated rings. The lowest BCUT2D eigenvalue weighted by molar-refractivity contribution is 0.0169. The van der Waals surface area contributed by atoms with Crippen LogP contribution in [0.3, 0.4) is 0 Å². The number of hydrogen-bond donors (Lipinski definition) is 3. The molecule has 0 spiro atoms. The Kier molecular flexibility index (Phi) is 9.76. The van der Waals surface area contributed by atoms with E-state index in [1.54, 1.807) is 13.3 Å². The van der Waals surface area contributed by atoms with Crippen molar-refractivity contribution in [3.8, 4) is 11.6 Å². The first-order valence-electron chi connectivity index (χ1n) is 9.81. The highest BCUT2D eigenvalue weighted by molar-refractivity contribution is 14.0. The van der Waals surface area contributed by atoms with Crippen LogP contribution in [0.15, 0.2) is 27.8 Å². The Labute approximate surface area is 183 Å². The Morgan fingerprint density at radius 1 is 1.39 bits per heavy atom. The molecule has 1 unspecified atom stereocenters. The summed E-state index contributed by atoms with van der Waals surface area (Å²) in [5.41, 5.74) is 0. The molecule has 0 radical (unpaired) electrons. The van der Waals surface area contributed by atoms with E-state index in [9.17, 15) is 0 Å². The fourth-order valence-corrected chi connectivity index (χ4v) is 3.61. The predicted octanol–water partition coefficient (Wildman–Crippen LogP) is 3.33. The van der Waals surface area contributed by atoms with Gasteiger partial charge in [0.25, 0.3) is 0 Å². The molecule has 1 saturated carbocycles. The Morgan fingerprint density at radius 3 is 2.89 bits per heavy atom. The van der Waals surface area contributed by atoms with Gasteiger partial charge in [0, 0.05) is 20.2 Å². The molecule has 8 nitrogen and oxygen atoms in total. The molecule has 3 N–H and O–H groups in total. The van der Waals surface area contributed by atoms with Gasteiger partial charge in [-0.1, -0.05) is 12.8 Å². The SMILES string of the molecule is CCOC(CCNC(=NC)NCc1nc(-c2ccco2)n[nH]1)C1CCCC1.I. The van der Waals surface area contributed by atoms with Gasteiger partial charge in [0.05, 0.1) is 18.9 Å². The maximum Gasteiger partial charge on any atom is 0.216 e. The smallest absolute Gasteiger partial charge is 0.216 e. The number of guanidine groups is 1. The van der Waals surface area contributed by atoms with Gasteiger partial charge < -0.3 is 19.8 Å². The number of aliphatic imine (C=N–C) groups is 1. The topological polar surface area (TPSA) is 100 Å². The molecular formula is C19H31IN6O2. The van der Waals surface area contributed by atoms with Crippen LogP contribution in [-0.2, 0) is 11.3 Å². The fraction of sp³-hybridized carbons (Fsp3) is 0.632. The Balaban J connectivity index is 0.00000280. The molecule has 2 aromatic rings. The van der Waals surface area contributed by atoms with Gasteiger partial charge in [-0.2, -0.15) is 0 Å². The fourth-order valence-electron chi connectivity index (χ4n) is 3.61. The summed E-state index contributed by atoms with van der Waals surface area (Å²) < 4.78 is 11.3. The number of halogens is 1. The van der Waals surface area contributed by atoms with Crippen LogP contribution in [0.25, 0.3) is 11.6 Å². The Hall–Kier alpha value is -1.62. The second-order valence-corrected chi connectivity index (χ2v) is 6.76. The molecule has 0 saturated heterocycles. The van der Waals surface area contributed by atoms with Crippen LogP contribution >= 0.6 is 24.0 Å². The highest BCUT2D eigenvalue weighted by atomic mass is 127. The number of furan rings is 1. The molecule has 0 aliphatic heterocycles. The lowest BCUT2D eigenvalue weighted by atomic mass is 9.98. The van der Waals surface area contributed by atoms with E-state index in [1.807, 2.05) is 12.1 Å². The van der Waals surface area contributed by atoms with E-state index in [4.69, 9.17) is 9.15 Å². The molecule has 0 amide bonds. The largest absolute Gasteiger partial charge is 0.461 e. The summed E-state index contributed by atoms with van der Waals surface area (Å²) in [5.74, 6) is 3.37. The molecule has 0 bridgehead atoms. The van der Waals surface area contributed by atoms with E-state index < -0.39 is 0 Å². The minimum Gasteiger partial charge on any atom is -0.461 e.